The van der Waals surface area contributed by atoms with Crippen molar-refractivity contribution in [2.24, 2.45) is 0 Å². The summed E-state index contributed by atoms with van der Waals surface area (Å²) in [6.45, 7) is 1.26. The maximum atomic E-state index is 12.6. The molecule has 6 heteroatoms. The fraction of sp³-hybridized carbons (Fsp3) is 0.435. The molecule has 2 aliphatic rings. The minimum absolute atomic E-state index is 0.151. The molecule has 154 valence electrons. The van der Waals surface area contributed by atoms with Crippen LogP contribution in [0.2, 0.25) is 0 Å². The molecule has 0 bridgehead atoms. The summed E-state index contributed by atoms with van der Waals surface area (Å²) in [6.07, 6.45) is 5.38. The number of ether oxygens (including phenoxy) is 2. The average molecular weight is 396 g/mol. The number of anilines is 1. The zero-order chi connectivity index (χ0) is 20.2. The van der Waals surface area contributed by atoms with Crippen LogP contribution >= 0.6 is 0 Å². The fourth-order valence-corrected chi connectivity index (χ4v) is 4.28. The van der Waals surface area contributed by atoms with Crippen molar-refractivity contribution in [2.45, 2.75) is 50.7 Å². The molecule has 1 aliphatic carbocycles. The number of carbonyl (C=O) groups is 1. The summed E-state index contributed by atoms with van der Waals surface area (Å²) in [4.78, 5) is 14.5. The lowest BCUT2D eigenvalue weighted by atomic mass is 9.98. The number of carbonyl (C=O) groups excluding carboxylic acids is 1. The third-order valence-corrected chi connectivity index (χ3v) is 5.93. The standard InChI is InChI=1S/C23H28N2O4/c1-28-21-11-8-17(12-22(21)29-20-4-2-3-5-20)18-13-23(26)25(15-18)14-16-6-9-19(24-27)10-7-16/h6-12,18,20,24,27H,2-5,13-15H2,1H3. The monoisotopic (exact) mass is 396 g/mol. The highest BCUT2D eigenvalue weighted by Gasteiger charge is 2.31. The van der Waals surface area contributed by atoms with Gasteiger partial charge >= 0.3 is 0 Å². The van der Waals surface area contributed by atoms with Crippen LogP contribution in [-0.4, -0.2) is 35.8 Å². The summed E-state index contributed by atoms with van der Waals surface area (Å²) in [5.41, 5.74) is 4.91. The van der Waals surface area contributed by atoms with Gasteiger partial charge in [0.15, 0.2) is 11.5 Å². The summed E-state index contributed by atoms with van der Waals surface area (Å²) < 4.78 is 11.7. The zero-order valence-corrected chi connectivity index (χ0v) is 16.8. The molecular formula is C23H28N2O4. The van der Waals surface area contributed by atoms with Gasteiger partial charge in [-0.1, -0.05) is 18.2 Å². The maximum Gasteiger partial charge on any atom is 0.223 e. The van der Waals surface area contributed by atoms with Crippen LogP contribution in [0.25, 0.3) is 0 Å². The Balaban J connectivity index is 1.46. The molecule has 2 aromatic rings. The Morgan fingerprint density at radius 3 is 2.55 bits per heavy atom. The molecule has 2 aromatic carbocycles. The third-order valence-electron chi connectivity index (χ3n) is 5.93. The van der Waals surface area contributed by atoms with Crippen LogP contribution < -0.4 is 15.0 Å². The zero-order valence-electron chi connectivity index (χ0n) is 16.8. The number of methoxy groups -OCH3 is 1. The van der Waals surface area contributed by atoms with Gasteiger partial charge in [-0.25, -0.2) is 0 Å². The topological polar surface area (TPSA) is 71.0 Å². The summed E-state index contributed by atoms with van der Waals surface area (Å²) in [5.74, 6) is 1.85. The number of rotatable bonds is 7. The summed E-state index contributed by atoms with van der Waals surface area (Å²) >= 11 is 0. The van der Waals surface area contributed by atoms with Crippen molar-refractivity contribution in [1.82, 2.24) is 4.90 Å². The summed E-state index contributed by atoms with van der Waals surface area (Å²) in [5, 5.41) is 8.93. The van der Waals surface area contributed by atoms with Gasteiger partial charge < -0.3 is 14.4 Å². The van der Waals surface area contributed by atoms with E-state index < -0.39 is 0 Å². The van der Waals surface area contributed by atoms with Gasteiger partial charge in [-0.2, -0.15) is 0 Å². The first-order valence-corrected chi connectivity index (χ1v) is 10.3. The molecule has 1 heterocycles. The molecule has 2 N–H and O–H groups in total. The van der Waals surface area contributed by atoms with E-state index in [4.69, 9.17) is 14.7 Å². The van der Waals surface area contributed by atoms with Gasteiger partial charge in [-0.15, -0.1) is 0 Å². The van der Waals surface area contributed by atoms with Gasteiger partial charge in [0.1, 0.15) is 0 Å². The highest BCUT2D eigenvalue weighted by molar-refractivity contribution is 5.80. The first-order chi connectivity index (χ1) is 14.2. The van der Waals surface area contributed by atoms with Crippen molar-refractivity contribution >= 4 is 11.6 Å². The lowest BCUT2D eigenvalue weighted by Gasteiger charge is -2.19. The molecule has 2 fully saturated rings. The normalized spacial score (nSPS) is 19.6. The van der Waals surface area contributed by atoms with Crippen molar-refractivity contribution in [3.05, 3.63) is 53.6 Å². The Labute approximate surface area is 171 Å². The average Bonchev–Trinajstić information content (AvgIpc) is 3.38. The quantitative estimate of drug-likeness (QED) is 0.682. The summed E-state index contributed by atoms with van der Waals surface area (Å²) in [7, 11) is 1.66. The second-order valence-corrected chi connectivity index (χ2v) is 7.92. The highest BCUT2D eigenvalue weighted by atomic mass is 16.5. The molecule has 0 spiro atoms. The van der Waals surface area contributed by atoms with E-state index in [0.717, 1.165) is 35.5 Å². The second-order valence-electron chi connectivity index (χ2n) is 7.92. The van der Waals surface area contributed by atoms with E-state index in [1.165, 1.54) is 12.8 Å². The van der Waals surface area contributed by atoms with Crippen molar-refractivity contribution in [3.63, 3.8) is 0 Å². The van der Waals surface area contributed by atoms with Gasteiger partial charge in [0, 0.05) is 25.4 Å². The van der Waals surface area contributed by atoms with E-state index >= 15 is 0 Å². The van der Waals surface area contributed by atoms with E-state index in [1.54, 1.807) is 19.2 Å². The number of nitrogens with zero attached hydrogens (tertiary/aromatic N) is 1. The van der Waals surface area contributed by atoms with Gasteiger partial charge in [-0.3, -0.25) is 15.5 Å². The molecule has 29 heavy (non-hydrogen) atoms. The molecule has 1 aliphatic heterocycles. The van der Waals surface area contributed by atoms with E-state index in [1.807, 2.05) is 29.2 Å². The van der Waals surface area contributed by atoms with Crippen LogP contribution in [0.3, 0.4) is 0 Å². The molecule has 1 unspecified atom stereocenters. The van der Waals surface area contributed by atoms with Gasteiger partial charge in [0.2, 0.25) is 5.91 Å². The number of hydrogen-bond donors (Lipinski definition) is 2. The van der Waals surface area contributed by atoms with Crippen LogP contribution in [0.5, 0.6) is 11.5 Å². The predicted octanol–water partition coefficient (Wildman–Crippen LogP) is 4.33. The van der Waals surface area contributed by atoms with E-state index in [2.05, 4.69) is 11.5 Å². The number of benzene rings is 2. The second kappa shape index (κ2) is 8.74. The van der Waals surface area contributed by atoms with Crippen molar-refractivity contribution in [3.8, 4) is 11.5 Å². The first-order valence-electron chi connectivity index (χ1n) is 10.3. The summed E-state index contributed by atoms with van der Waals surface area (Å²) in [6, 6.07) is 13.5. The molecule has 4 rings (SSSR count). The number of likely N-dealkylation sites (tertiary alicyclic amines) is 1. The predicted molar refractivity (Wildman–Crippen MR) is 111 cm³/mol. The molecule has 1 saturated heterocycles. The van der Waals surface area contributed by atoms with Gasteiger partial charge in [0.25, 0.3) is 0 Å². The SMILES string of the molecule is COc1ccc(C2CC(=O)N(Cc3ccc(NO)cc3)C2)cc1OC1CCCC1. The van der Waals surface area contributed by atoms with Crippen LogP contribution in [-0.2, 0) is 11.3 Å². The Morgan fingerprint density at radius 2 is 1.86 bits per heavy atom. The molecule has 1 amide bonds. The Hall–Kier alpha value is -2.73. The van der Waals surface area contributed by atoms with Crippen molar-refractivity contribution in [1.29, 1.82) is 0 Å². The van der Waals surface area contributed by atoms with Crippen molar-refractivity contribution in [2.75, 3.05) is 19.1 Å². The van der Waals surface area contributed by atoms with Crippen molar-refractivity contribution < 1.29 is 19.5 Å². The third kappa shape index (κ3) is 4.48. The molecule has 6 nitrogen and oxygen atoms in total. The van der Waals surface area contributed by atoms with Crippen LogP contribution in [0.15, 0.2) is 42.5 Å². The minimum Gasteiger partial charge on any atom is -0.493 e. The van der Waals surface area contributed by atoms with Crippen LogP contribution in [0, 0.1) is 0 Å². The Bertz CT molecular complexity index is 846. The molecule has 0 radical (unpaired) electrons. The molecular weight excluding hydrogens is 368 g/mol. The number of hydrogen-bond acceptors (Lipinski definition) is 5. The maximum absolute atomic E-state index is 12.6. The van der Waals surface area contributed by atoms with Crippen LogP contribution in [0.4, 0.5) is 5.69 Å². The minimum atomic E-state index is 0.151. The van der Waals surface area contributed by atoms with Gasteiger partial charge in [-0.05, 0) is 61.1 Å². The number of amides is 1. The Morgan fingerprint density at radius 1 is 1.10 bits per heavy atom. The van der Waals surface area contributed by atoms with E-state index in [9.17, 15) is 4.79 Å². The highest BCUT2D eigenvalue weighted by Crippen LogP contribution is 2.37. The van der Waals surface area contributed by atoms with Gasteiger partial charge in [0.05, 0.1) is 18.9 Å². The number of nitrogens with one attached hydrogen (secondary N) is 1. The fourth-order valence-electron chi connectivity index (χ4n) is 4.28. The smallest absolute Gasteiger partial charge is 0.223 e. The van der Waals surface area contributed by atoms with Crippen LogP contribution in [0.1, 0.15) is 49.1 Å². The lowest BCUT2D eigenvalue weighted by molar-refractivity contribution is -0.128. The Kier molecular flexibility index (Phi) is 5.90. The largest absolute Gasteiger partial charge is 0.493 e. The molecule has 1 atom stereocenters. The first kappa shape index (κ1) is 19.6. The van der Waals surface area contributed by atoms with E-state index in [0.29, 0.717) is 25.2 Å². The van der Waals surface area contributed by atoms with E-state index in [-0.39, 0.29) is 17.9 Å². The molecule has 1 saturated carbocycles. The lowest BCUT2D eigenvalue weighted by Crippen LogP contribution is -2.24. The molecule has 0 aromatic heterocycles.